The molecule has 0 aliphatic carbocycles. The molecule has 5 nitrogen and oxygen atoms in total. The second-order valence-corrected chi connectivity index (χ2v) is 5.61. The van der Waals surface area contributed by atoms with Gasteiger partial charge in [0.15, 0.2) is 0 Å². The molecular formula is C14H19ClFN3O2. The van der Waals surface area contributed by atoms with Gasteiger partial charge in [-0.05, 0) is 31.9 Å². The zero-order valence-electron chi connectivity index (χ0n) is 11.9. The van der Waals surface area contributed by atoms with Crippen molar-refractivity contribution in [2.45, 2.75) is 32.2 Å². The van der Waals surface area contributed by atoms with E-state index in [1.165, 1.54) is 6.07 Å². The fourth-order valence-electron chi connectivity index (χ4n) is 2.74. The van der Waals surface area contributed by atoms with Gasteiger partial charge in [0, 0.05) is 19.1 Å². The molecule has 7 heteroatoms. The van der Waals surface area contributed by atoms with Crippen molar-refractivity contribution in [1.82, 2.24) is 5.32 Å². The molecule has 1 aliphatic rings. The maximum Gasteiger partial charge on any atom is 0.295 e. The second-order valence-electron chi connectivity index (χ2n) is 5.21. The lowest BCUT2D eigenvalue weighted by atomic mass is 10.0. The Morgan fingerprint density at radius 1 is 1.57 bits per heavy atom. The molecule has 0 saturated carbocycles. The summed E-state index contributed by atoms with van der Waals surface area (Å²) in [4.78, 5) is 12.7. The van der Waals surface area contributed by atoms with E-state index in [1.54, 1.807) is 0 Å². The van der Waals surface area contributed by atoms with Crippen LogP contribution in [0.25, 0.3) is 0 Å². The largest absolute Gasteiger partial charge is 0.362 e. The molecule has 1 aromatic carbocycles. The predicted octanol–water partition coefficient (Wildman–Crippen LogP) is 3.36. The Kier molecular flexibility index (Phi) is 5.36. The monoisotopic (exact) mass is 315 g/mol. The van der Waals surface area contributed by atoms with E-state index in [2.05, 4.69) is 5.32 Å². The number of nitro groups is 1. The number of rotatable bonds is 5. The van der Waals surface area contributed by atoms with Gasteiger partial charge in [0.2, 0.25) is 0 Å². The molecule has 1 unspecified atom stereocenters. The van der Waals surface area contributed by atoms with Crippen molar-refractivity contribution in [3.63, 3.8) is 0 Å². The van der Waals surface area contributed by atoms with Crippen LogP contribution in [0.2, 0.25) is 5.02 Å². The number of nitrogens with one attached hydrogen (secondary N) is 1. The van der Waals surface area contributed by atoms with Gasteiger partial charge >= 0.3 is 0 Å². The minimum atomic E-state index is -0.759. The molecule has 1 aliphatic heterocycles. The molecule has 0 aromatic heterocycles. The van der Waals surface area contributed by atoms with Crippen LogP contribution in [0, 0.1) is 15.9 Å². The van der Waals surface area contributed by atoms with Gasteiger partial charge in [0.05, 0.1) is 16.0 Å². The quantitative estimate of drug-likeness (QED) is 0.668. The molecular weight excluding hydrogens is 297 g/mol. The molecule has 116 valence electrons. The van der Waals surface area contributed by atoms with Crippen LogP contribution in [0.4, 0.5) is 15.8 Å². The number of hydrogen-bond acceptors (Lipinski definition) is 4. The Bertz CT molecular complexity index is 521. The van der Waals surface area contributed by atoms with Crippen molar-refractivity contribution < 1.29 is 9.31 Å². The van der Waals surface area contributed by atoms with Gasteiger partial charge in [0.25, 0.3) is 5.69 Å². The fraction of sp³-hybridized carbons (Fsp3) is 0.571. The number of nitrogens with zero attached hydrogens (tertiary/aromatic N) is 2. The summed E-state index contributed by atoms with van der Waals surface area (Å²) in [7, 11) is 0. The van der Waals surface area contributed by atoms with Gasteiger partial charge < -0.3 is 10.2 Å². The zero-order chi connectivity index (χ0) is 15.4. The average Bonchev–Trinajstić information content (AvgIpc) is 2.48. The molecule has 1 saturated heterocycles. The maximum absolute atomic E-state index is 13.5. The third kappa shape index (κ3) is 3.63. The van der Waals surface area contributed by atoms with Gasteiger partial charge in [-0.2, -0.15) is 0 Å². The maximum atomic E-state index is 13.5. The second kappa shape index (κ2) is 7.04. The number of piperidine rings is 1. The number of anilines is 1. The Morgan fingerprint density at radius 2 is 2.33 bits per heavy atom. The third-order valence-electron chi connectivity index (χ3n) is 3.70. The molecule has 0 radical (unpaired) electrons. The van der Waals surface area contributed by atoms with Crippen LogP contribution in [0.1, 0.15) is 26.2 Å². The summed E-state index contributed by atoms with van der Waals surface area (Å²) in [5, 5.41) is 14.4. The zero-order valence-corrected chi connectivity index (χ0v) is 12.7. The normalized spacial score (nSPS) is 18.5. The number of nitro benzene ring substituents is 1. The van der Waals surface area contributed by atoms with Gasteiger partial charge in [-0.1, -0.05) is 18.5 Å². The SMILES string of the molecule is CCCN(c1cc(Cl)c(F)cc1[N+](=O)[O-])C1CCCNC1. The van der Waals surface area contributed by atoms with E-state index >= 15 is 0 Å². The smallest absolute Gasteiger partial charge is 0.295 e. The first kappa shape index (κ1) is 16.0. The van der Waals surface area contributed by atoms with Crippen LogP contribution >= 0.6 is 11.6 Å². The summed E-state index contributed by atoms with van der Waals surface area (Å²) in [6.45, 7) is 4.42. The first-order valence-corrected chi connectivity index (χ1v) is 7.53. The molecule has 2 rings (SSSR count). The lowest BCUT2D eigenvalue weighted by Gasteiger charge is -2.36. The van der Waals surface area contributed by atoms with Gasteiger partial charge in [0.1, 0.15) is 11.5 Å². The van der Waals surface area contributed by atoms with Crippen molar-refractivity contribution in [3.8, 4) is 0 Å². The molecule has 0 amide bonds. The van der Waals surface area contributed by atoms with Gasteiger partial charge in [-0.3, -0.25) is 10.1 Å². The molecule has 0 bridgehead atoms. The number of halogens is 2. The van der Waals surface area contributed by atoms with E-state index < -0.39 is 10.7 Å². The van der Waals surface area contributed by atoms with E-state index in [4.69, 9.17) is 11.6 Å². The molecule has 1 N–H and O–H groups in total. The predicted molar refractivity (Wildman–Crippen MR) is 81.6 cm³/mol. The Morgan fingerprint density at radius 3 is 2.90 bits per heavy atom. The molecule has 1 atom stereocenters. The topological polar surface area (TPSA) is 58.4 Å². The summed E-state index contributed by atoms with van der Waals surface area (Å²) in [6.07, 6.45) is 2.83. The van der Waals surface area contributed by atoms with Gasteiger partial charge in [-0.15, -0.1) is 0 Å². The minimum Gasteiger partial charge on any atom is -0.362 e. The molecule has 1 heterocycles. The van der Waals surface area contributed by atoms with Gasteiger partial charge in [-0.25, -0.2) is 4.39 Å². The number of benzene rings is 1. The van der Waals surface area contributed by atoms with Crippen molar-refractivity contribution >= 4 is 23.0 Å². The summed E-state index contributed by atoms with van der Waals surface area (Å²) < 4.78 is 13.5. The Hall–Kier alpha value is -1.40. The van der Waals surface area contributed by atoms with Crippen LogP contribution < -0.4 is 10.2 Å². The van der Waals surface area contributed by atoms with E-state index in [0.717, 1.165) is 38.4 Å². The van der Waals surface area contributed by atoms with Crippen LogP contribution in [0.3, 0.4) is 0 Å². The van der Waals surface area contributed by atoms with E-state index in [9.17, 15) is 14.5 Å². The highest BCUT2D eigenvalue weighted by molar-refractivity contribution is 6.31. The fourth-order valence-corrected chi connectivity index (χ4v) is 2.90. The van der Waals surface area contributed by atoms with Crippen LogP contribution in [-0.4, -0.2) is 30.6 Å². The van der Waals surface area contributed by atoms with Crippen molar-refractivity contribution in [3.05, 3.63) is 33.1 Å². The lowest BCUT2D eigenvalue weighted by Crippen LogP contribution is -2.46. The highest BCUT2D eigenvalue weighted by Crippen LogP contribution is 2.35. The number of hydrogen-bond donors (Lipinski definition) is 1. The lowest BCUT2D eigenvalue weighted by molar-refractivity contribution is -0.384. The third-order valence-corrected chi connectivity index (χ3v) is 3.99. The average molecular weight is 316 g/mol. The summed E-state index contributed by atoms with van der Waals surface area (Å²) >= 11 is 5.83. The summed E-state index contributed by atoms with van der Waals surface area (Å²) in [6, 6.07) is 2.45. The molecule has 21 heavy (non-hydrogen) atoms. The molecule has 1 fully saturated rings. The molecule has 0 spiro atoms. The van der Waals surface area contributed by atoms with Crippen LogP contribution in [0.15, 0.2) is 12.1 Å². The van der Waals surface area contributed by atoms with E-state index in [-0.39, 0.29) is 16.8 Å². The first-order chi connectivity index (χ1) is 10.0. The van der Waals surface area contributed by atoms with Crippen LogP contribution in [0.5, 0.6) is 0 Å². The highest BCUT2D eigenvalue weighted by Gasteiger charge is 2.28. The first-order valence-electron chi connectivity index (χ1n) is 7.15. The summed E-state index contributed by atoms with van der Waals surface area (Å²) in [5.74, 6) is -0.759. The van der Waals surface area contributed by atoms with E-state index in [1.807, 2.05) is 11.8 Å². The summed E-state index contributed by atoms with van der Waals surface area (Å²) in [5.41, 5.74) is 0.179. The van der Waals surface area contributed by atoms with E-state index in [0.29, 0.717) is 12.2 Å². The standard InChI is InChI=1S/C14H19ClFN3O2/c1-2-6-18(10-4-3-5-17-9-10)13-7-11(15)12(16)8-14(13)19(20)21/h7-8,10,17H,2-6,9H2,1H3. The van der Waals surface area contributed by atoms with Crippen molar-refractivity contribution in [2.24, 2.45) is 0 Å². The minimum absolute atomic E-state index is 0.0829. The van der Waals surface area contributed by atoms with Crippen molar-refractivity contribution in [1.29, 1.82) is 0 Å². The highest BCUT2D eigenvalue weighted by atomic mass is 35.5. The van der Waals surface area contributed by atoms with Crippen LogP contribution in [-0.2, 0) is 0 Å². The van der Waals surface area contributed by atoms with Crippen molar-refractivity contribution in [2.75, 3.05) is 24.5 Å². The Labute approximate surface area is 128 Å². The molecule has 1 aromatic rings. The Balaban J connectivity index is 2.42.